The Hall–Kier alpha value is -1.28. The molecule has 0 bridgehead atoms. The zero-order chi connectivity index (χ0) is 11.0. The topological polar surface area (TPSA) is 16.4 Å². The normalized spacial score (nSPS) is 21.4. The summed E-state index contributed by atoms with van der Waals surface area (Å²) in [4.78, 5) is 0. The van der Waals surface area contributed by atoms with E-state index in [1.807, 2.05) is 0 Å². The number of rotatable bonds is 1. The monoisotopic (exact) mass is 214 g/mol. The van der Waals surface area contributed by atoms with E-state index < -0.39 is 0 Å². The van der Waals surface area contributed by atoms with E-state index in [1.165, 1.54) is 36.0 Å². The first kappa shape index (κ1) is 9.91. The number of piperidine rings is 1. The van der Waals surface area contributed by atoms with Crippen molar-refractivity contribution in [3.05, 3.63) is 41.7 Å². The molecular formula is C14H18N2. The van der Waals surface area contributed by atoms with Crippen LogP contribution in [0.3, 0.4) is 0 Å². The fourth-order valence-corrected chi connectivity index (χ4v) is 2.81. The summed E-state index contributed by atoms with van der Waals surface area (Å²) in [6.45, 7) is 3.38. The predicted octanol–water partition coefficient (Wildman–Crippen LogP) is 3.06. The molecule has 1 atom stereocenters. The highest BCUT2D eigenvalue weighted by Crippen LogP contribution is 2.27. The molecule has 0 aliphatic carbocycles. The summed E-state index contributed by atoms with van der Waals surface area (Å²) in [5.74, 6) is 0. The minimum absolute atomic E-state index is 0.540. The molecule has 0 saturated carbocycles. The van der Waals surface area contributed by atoms with Gasteiger partial charge in [0, 0.05) is 23.4 Å². The van der Waals surface area contributed by atoms with Crippen LogP contribution in [0.15, 0.2) is 30.5 Å². The quantitative estimate of drug-likeness (QED) is 0.771. The molecule has 1 aliphatic rings. The Balaban J connectivity index is 2.10. The summed E-state index contributed by atoms with van der Waals surface area (Å²) in [5, 5.41) is 3.63. The summed E-state index contributed by atoms with van der Waals surface area (Å²) in [6.07, 6.45) is 6.10. The van der Waals surface area contributed by atoms with Crippen molar-refractivity contribution < 1.29 is 0 Å². The van der Waals surface area contributed by atoms with Crippen molar-refractivity contribution in [1.82, 2.24) is 9.72 Å². The number of fused-ring (bicyclic) bond motifs is 1. The first-order chi connectivity index (χ1) is 7.86. The van der Waals surface area contributed by atoms with Crippen LogP contribution in [-0.4, -0.2) is 10.9 Å². The van der Waals surface area contributed by atoms with Crippen molar-refractivity contribution in [2.24, 2.45) is 0 Å². The second-order valence-electron chi connectivity index (χ2n) is 4.71. The Morgan fingerprint density at radius 3 is 3.06 bits per heavy atom. The molecule has 84 valence electrons. The number of pyridine rings is 1. The van der Waals surface area contributed by atoms with Crippen molar-refractivity contribution in [1.29, 1.82) is 0 Å². The molecule has 0 radical (unpaired) electrons. The minimum atomic E-state index is 0.540. The average Bonchev–Trinajstić information content (AvgIpc) is 2.66. The molecule has 1 N–H and O–H groups in total. The van der Waals surface area contributed by atoms with E-state index in [0.717, 1.165) is 6.54 Å². The minimum Gasteiger partial charge on any atom is -0.319 e. The first-order valence-electron chi connectivity index (χ1n) is 6.16. The smallest absolute Gasteiger partial charge is 0.0481 e. The molecule has 0 amide bonds. The summed E-state index contributed by atoms with van der Waals surface area (Å²) in [6, 6.07) is 9.22. The van der Waals surface area contributed by atoms with E-state index in [9.17, 15) is 0 Å². The zero-order valence-corrected chi connectivity index (χ0v) is 9.74. The van der Waals surface area contributed by atoms with E-state index in [0.29, 0.717) is 6.04 Å². The van der Waals surface area contributed by atoms with Crippen LogP contribution >= 0.6 is 0 Å². The van der Waals surface area contributed by atoms with Crippen molar-refractivity contribution in [3.8, 4) is 0 Å². The fraction of sp³-hybridized carbons (Fsp3) is 0.429. The van der Waals surface area contributed by atoms with E-state index >= 15 is 0 Å². The number of aryl methyl sites for hydroxylation is 1. The molecule has 1 fully saturated rings. The lowest BCUT2D eigenvalue weighted by Gasteiger charge is -2.24. The largest absolute Gasteiger partial charge is 0.319 e. The Morgan fingerprint density at radius 2 is 2.25 bits per heavy atom. The summed E-state index contributed by atoms with van der Waals surface area (Å²) in [7, 11) is 0. The molecule has 1 unspecified atom stereocenters. The highest BCUT2D eigenvalue weighted by molar-refractivity contribution is 5.53. The molecule has 1 aliphatic heterocycles. The third kappa shape index (κ3) is 1.54. The van der Waals surface area contributed by atoms with Gasteiger partial charge < -0.3 is 9.72 Å². The van der Waals surface area contributed by atoms with Gasteiger partial charge in [-0.3, -0.25) is 0 Å². The molecular weight excluding hydrogens is 196 g/mol. The molecule has 2 heteroatoms. The lowest BCUT2D eigenvalue weighted by atomic mass is 10.00. The number of aromatic nitrogens is 1. The molecule has 16 heavy (non-hydrogen) atoms. The second kappa shape index (κ2) is 3.95. The second-order valence-corrected chi connectivity index (χ2v) is 4.71. The molecule has 0 spiro atoms. The Morgan fingerprint density at radius 1 is 1.31 bits per heavy atom. The van der Waals surface area contributed by atoms with Gasteiger partial charge >= 0.3 is 0 Å². The van der Waals surface area contributed by atoms with Crippen molar-refractivity contribution in [2.75, 3.05) is 6.54 Å². The van der Waals surface area contributed by atoms with Crippen LogP contribution in [0.4, 0.5) is 0 Å². The summed E-state index contributed by atoms with van der Waals surface area (Å²) >= 11 is 0. The maximum absolute atomic E-state index is 3.63. The highest BCUT2D eigenvalue weighted by Gasteiger charge is 2.19. The highest BCUT2D eigenvalue weighted by atomic mass is 15.0. The molecule has 2 aromatic heterocycles. The zero-order valence-electron chi connectivity index (χ0n) is 9.74. The maximum Gasteiger partial charge on any atom is 0.0481 e. The fourth-order valence-electron chi connectivity index (χ4n) is 2.81. The summed E-state index contributed by atoms with van der Waals surface area (Å²) in [5.41, 5.74) is 4.17. The number of hydrogen-bond donors (Lipinski definition) is 1. The van der Waals surface area contributed by atoms with Gasteiger partial charge in [0.15, 0.2) is 0 Å². The average molecular weight is 214 g/mol. The standard InChI is InChI=1S/C14H18N2/c1-11-10-12-6-3-5-9-16(12)14(11)13-7-2-4-8-15-13/h3,5-6,9-10,13,15H,2,4,7-8H2,1H3. The molecule has 0 aromatic carbocycles. The molecule has 2 nitrogen and oxygen atoms in total. The summed E-state index contributed by atoms with van der Waals surface area (Å²) < 4.78 is 2.33. The van der Waals surface area contributed by atoms with Crippen LogP contribution in [0.2, 0.25) is 0 Å². The molecule has 3 heterocycles. The van der Waals surface area contributed by atoms with Gasteiger partial charge in [-0.1, -0.05) is 12.5 Å². The van der Waals surface area contributed by atoms with Crippen LogP contribution in [0.5, 0.6) is 0 Å². The molecule has 3 rings (SSSR count). The van der Waals surface area contributed by atoms with E-state index in [2.05, 4.69) is 47.1 Å². The number of nitrogens with zero attached hydrogens (tertiary/aromatic N) is 1. The van der Waals surface area contributed by atoms with Gasteiger partial charge in [-0.25, -0.2) is 0 Å². The van der Waals surface area contributed by atoms with Crippen LogP contribution in [0.1, 0.15) is 36.6 Å². The van der Waals surface area contributed by atoms with Gasteiger partial charge in [-0.2, -0.15) is 0 Å². The number of hydrogen-bond acceptors (Lipinski definition) is 1. The van der Waals surface area contributed by atoms with Crippen LogP contribution in [-0.2, 0) is 0 Å². The molecule has 2 aromatic rings. The Labute approximate surface area is 96.3 Å². The molecule has 1 saturated heterocycles. The maximum atomic E-state index is 3.63. The van der Waals surface area contributed by atoms with Crippen molar-refractivity contribution in [3.63, 3.8) is 0 Å². The van der Waals surface area contributed by atoms with Gasteiger partial charge in [-0.05, 0) is 50.1 Å². The van der Waals surface area contributed by atoms with Gasteiger partial charge in [0.25, 0.3) is 0 Å². The van der Waals surface area contributed by atoms with E-state index in [-0.39, 0.29) is 0 Å². The first-order valence-corrected chi connectivity index (χ1v) is 6.16. The third-order valence-corrected chi connectivity index (χ3v) is 3.56. The predicted molar refractivity (Wildman–Crippen MR) is 66.7 cm³/mol. The van der Waals surface area contributed by atoms with E-state index in [1.54, 1.807) is 0 Å². The van der Waals surface area contributed by atoms with Gasteiger partial charge in [0.05, 0.1) is 0 Å². The van der Waals surface area contributed by atoms with Crippen LogP contribution in [0.25, 0.3) is 5.52 Å². The third-order valence-electron chi connectivity index (χ3n) is 3.56. The lowest BCUT2D eigenvalue weighted by molar-refractivity contribution is 0.402. The Bertz CT molecular complexity index is 492. The van der Waals surface area contributed by atoms with Crippen LogP contribution < -0.4 is 5.32 Å². The van der Waals surface area contributed by atoms with Gasteiger partial charge in [-0.15, -0.1) is 0 Å². The van der Waals surface area contributed by atoms with E-state index in [4.69, 9.17) is 0 Å². The Kier molecular flexibility index (Phi) is 2.44. The van der Waals surface area contributed by atoms with Gasteiger partial charge in [0.1, 0.15) is 0 Å². The van der Waals surface area contributed by atoms with Crippen LogP contribution in [0, 0.1) is 6.92 Å². The SMILES string of the molecule is Cc1cc2ccccn2c1C1CCCCN1. The number of nitrogens with one attached hydrogen (secondary N) is 1. The lowest BCUT2D eigenvalue weighted by Crippen LogP contribution is -2.28. The van der Waals surface area contributed by atoms with Crippen molar-refractivity contribution >= 4 is 5.52 Å². The van der Waals surface area contributed by atoms with Gasteiger partial charge in [0.2, 0.25) is 0 Å². The van der Waals surface area contributed by atoms with Crippen molar-refractivity contribution in [2.45, 2.75) is 32.2 Å².